The summed E-state index contributed by atoms with van der Waals surface area (Å²) in [4.78, 5) is 0. The highest BCUT2D eigenvalue weighted by atomic mass is 16.5. The van der Waals surface area contributed by atoms with Crippen molar-refractivity contribution in [3.63, 3.8) is 0 Å². The van der Waals surface area contributed by atoms with Gasteiger partial charge in [-0.25, -0.2) is 0 Å². The van der Waals surface area contributed by atoms with E-state index in [1.165, 1.54) is 11.1 Å². The Balaban J connectivity index is 2.18. The number of rotatable bonds is 0. The van der Waals surface area contributed by atoms with Gasteiger partial charge in [-0.1, -0.05) is 18.2 Å². The highest BCUT2D eigenvalue weighted by Gasteiger charge is 2.34. The minimum atomic E-state index is 0.851. The van der Waals surface area contributed by atoms with E-state index in [4.69, 9.17) is 4.74 Å². The molecule has 2 heteroatoms. The van der Waals surface area contributed by atoms with E-state index >= 15 is 0 Å². The van der Waals surface area contributed by atoms with Gasteiger partial charge < -0.3 is 4.74 Å². The van der Waals surface area contributed by atoms with Crippen molar-refractivity contribution in [2.24, 2.45) is 0 Å². The number of ether oxygens (including phenoxy) is 1. The summed E-state index contributed by atoms with van der Waals surface area (Å²) in [6.07, 6.45) is 0. The summed E-state index contributed by atoms with van der Waals surface area (Å²) in [5.74, 6) is 1.09. The standard InChI is InChI=1S/C10H10NO/c1-2-4-9-8(3-1)7-11-5-6-12-10(9)11/h1-4H,5-7H2/q+1. The Labute approximate surface area is 71.1 Å². The fourth-order valence-electron chi connectivity index (χ4n) is 1.92. The molecular formula is C10H10NO+. The molecule has 2 aliphatic rings. The zero-order valence-corrected chi connectivity index (χ0v) is 6.79. The quantitative estimate of drug-likeness (QED) is 0.515. The molecule has 0 saturated carbocycles. The van der Waals surface area contributed by atoms with Crippen LogP contribution in [0.5, 0.6) is 0 Å². The lowest BCUT2D eigenvalue weighted by atomic mass is 10.1. The van der Waals surface area contributed by atoms with Crippen LogP contribution in [0.3, 0.4) is 0 Å². The molecule has 3 rings (SSSR count). The van der Waals surface area contributed by atoms with Gasteiger partial charge in [0.25, 0.3) is 0 Å². The van der Waals surface area contributed by atoms with Gasteiger partial charge in [0.1, 0.15) is 0 Å². The molecule has 0 saturated heterocycles. The van der Waals surface area contributed by atoms with E-state index in [0.717, 1.165) is 25.6 Å². The molecule has 0 spiro atoms. The number of benzene rings is 1. The van der Waals surface area contributed by atoms with E-state index in [1.54, 1.807) is 0 Å². The van der Waals surface area contributed by atoms with Gasteiger partial charge in [-0.2, -0.15) is 4.58 Å². The van der Waals surface area contributed by atoms with Crippen molar-refractivity contribution in [2.75, 3.05) is 13.2 Å². The van der Waals surface area contributed by atoms with Crippen molar-refractivity contribution in [3.8, 4) is 0 Å². The van der Waals surface area contributed by atoms with Crippen LogP contribution in [0.15, 0.2) is 24.3 Å². The van der Waals surface area contributed by atoms with E-state index < -0.39 is 0 Å². The number of fused-ring (bicyclic) bond motifs is 2. The van der Waals surface area contributed by atoms with Crippen LogP contribution < -0.4 is 0 Å². The minimum absolute atomic E-state index is 0.851. The normalized spacial score (nSPS) is 19.0. The first-order valence-electron chi connectivity index (χ1n) is 4.28. The van der Waals surface area contributed by atoms with Crippen LogP contribution in [-0.2, 0) is 11.3 Å². The fraction of sp³-hybridized carbons (Fsp3) is 0.300. The second-order valence-corrected chi connectivity index (χ2v) is 3.23. The molecule has 0 atom stereocenters. The van der Waals surface area contributed by atoms with Crippen LogP contribution >= 0.6 is 0 Å². The first-order chi connectivity index (χ1) is 5.95. The number of hydrogen-bond donors (Lipinski definition) is 0. The Kier molecular flexibility index (Phi) is 1.09. The Hall–Kier alpha value is -1.31. The largest absolute Gasteiger partial charge is 0.438 e. The summed E-state index contributed by atoms with van der Waals surface area (Å²) in [5, 5.41) is 0. The third-order valence-electron chi connectivity index (χ3n) is 2.50. The molecule has 0 fully saturated rings. The van der Waals surface area contributed by atoms with E-state index in [1.807, 2.05) is 0 Å². The van der Waals surface area contributed by atoms with Gasteiger partial charge in [0.05, 0.1) is 5.56 Å². The molecule has 60 valence electrons. The van der Waals surface area contributed by atoms with Gasteiger partial charge in [-0.15, -0.1) is 0 Å². The lowest BCUT2D eigenvalue weighted by molar-refractivity contribution is -0.529. The zero-order valence-electron chi connectivity index (χ0n) is 6.79. The van der Waals surface area contributed by atoms with Crippen molar-refractivity contribution in [3.05, 3.63) is 35.4 Å². The topological polar surface area (TPSA) is 12.2 Å². The Morgan fingerprint density at radius 2 is 2.17 bits per heavy atom. The van der Waals surface area contributed by atoms with Crippen LogP contribution in [-0.4, -0.2) is 23.6 Å². The van der Waals surface area contributed by atoms with E-state index in [2.05, 4.69) is 28.8 Å². The van der Waals surface area contributed by atoms with Gasteiger partial charge in [-0.05, 0) is 6.07 Å². The lowest BCUT2D eigenvalue weighted by Crippen LogP contribution is -2.07. The van der Waals surface area contributed by atoms with Gasteiger partial charge in [0.15, 0.2) is 19.7 Å². The highest BCUT2D eigenvalue weighted by molar-refractivity contribution is 5.93. The van der Waals surface area contributed by atoms with E-state index in [-0.39, 0.29) is 0 Å². The Morgan fingerprint density at radius 1 is 1.25 bits per heavy atom. The second kappa shape index (κ2) is 2.09. The molecule has 2 aliphatic heterocycles. The smallest absolute Gasteiger partial charge is 0.371 e. The van der Waals surface area contributed by atoms with Crippen molar-refractivity contribution < 1.29 is 9.31 Å². The molecule has 1 aromatic rings. The average molecular weight is 160 g/mol. The summed E-state index contributed by atoms with van der Waals surface area (Å²) in [5.41, 5.74) is 2.68. The van der Waals surface area contributed by atoms with Crippen LogP contribution in [0.1, 0.15) is 11.1 Å². The molecule has 0 aliphatic carbocycles. The predicted octanol–water partition coefficient (Wildman–Crippen LogP) is 0.990. The van der Waals surface area contributed by atoms with Gasteiger partial charge in [-0.3, -0.25) is 0 Å². The predicted molar refractivity (Wildman–Crippen MR) is 45.3 cm³/mol. The average Bonchev–Trinajstić information content (AvgIpc) is 2.62. The molecule has 2 heterocycles. The first-order valence-corrected chi connectivity index (χ1v) is 4.28. The monoisotopic (exact) mass is 160 g/mol. The summed E-state index contributed by atoms with van der Waals surface area (Å²) in [7, 11) is 0. The minimum Gasteiger partial charge on any atom is -0.438 e. The maximum Gasteiger partial charge on any atom is 0.371 e. The van der Waals surface area contributed by atoms with Crippen LogP contribution in [0.25, 0.3) is 0 Å². The van der Waals surface area contributed by atoms with Crippen molar-refractivity contribution >= 4 is 5.90 Å². The second-order valence-electron chi connectivity index (χ2n) is 3.23. The molecular weight excluding hydrogens is 150 g/mol. The van der Waals surface area contributed by atoms with E-state index in [0.29, 0.717) is 0 Å². The third kappa shape index (κ3) is 0.670. The third-order valence-corrected chi connectivity index (χ3v) is 2.50. The van der Waals surface area contributed by atoms with Crippen LogP contribution in [0.2, 0.25) is 0 Å². The maximum absolute atomic E-state index is 5.55. The first kappa shape index (κ1) is 6.23. The van der Waals surface area contributed by atoms with Crippen molar-refractivity contribution in [1.82, 2.24) is 0 Å². The van der Waals surface area contributed by atoms with Gasteiger partial charge >= 0.3 is 5.90 Å². The number of hydrogen-bond acceptors (Lipinski definition) is 1. The summed E-state index contributed by atoms with van der Waals surface area (Å²) in [6.45, 7) is 2.93. The molecule has 2 nitrogen and oxygen atoms in total. The van der Waals surface area contributed by atoms with Crippen molar-refractivity contribution in [2.45, 2.75) is 6.54 Å². The summed E-state index contributed by atoms with van der Waals surface area (Å²) >= 11 is 0. The lowest BCUT2D eigenvalue weighted by Gasteiger charge is -1.95. The molecule has 0 unspecified atom stereocenters. The molecule has 0 amide bonds. The maximum atomic E-state index is 5.55. The van der Waals surface area contributed by atoms with E-state index in [9.17, 15) is 0 Å². The van der Waals surface area contributed by atoms with Crippen LogP contribution in [0, 0.1) is 0 Å². The molecule has 0 N–H and O–H groups in total. The summed E-state index contributed by atoms with van der Waals surface area (Å²) < 4.78 is 7.84. The summed E-state index contributed by atoms with van der Waals surface area (Å²) in [6, 6.07) is 8.46. The molecule has 0 aromatic heterocycles. The Morgan fingerprint density at radius 3 is 3.17 bits per heavy atom. The van der Waals surface area contributed by atoms with Crippen molar-refractivity contribution in [1.29, 1.82) is 0 Å². The highest BCUT2D eigenvalue weighted by Crippen LogP contribution is 2.21. The molecule has 0 bridgehead atoms. The Bertz CT molecular complexity index is 368. The molecule has 1 aromatic carbocycles. The zero-order chi connectivity index (χ0) is 7.97. The number of nitrogens with zero attached hydrogens (tertiary/aromatic N) is 1. The molecule has 0 radical (unpaired) electrons. The van der Waals surface area contributed by atoms with Gasteiger partial charge in [0, 0.05) is 5.56 Å². The fourth-order valence-corrected chi connectivity index (χ4v) is 1.92. The SMILES string of the molecule is c1ccc2c(c1)C[N+]1=C2OCC1. The van der Waals surface area contributed by atoms with Crippen LogP contribution in [0.4, 0.5) is 0 Å². The van der Waals surface area contributed by atoms with Gasteiger partial charge in [0.2, 0.25) is 0 Å². The molecule has 12 heavy (non-hydrogen) atoms.